The Hall–Kier alpha value is -1.78. The average molecular weight is 264 g/mol. The predicted octanol–water partition coefficient (Wildman–Crippen LogP) is 2.64. The number of nitrogen functional groups attached to an aromatic ring is 1. The highest BCUT2D eigenvalue weighted by Crippen LogP contribution is 2.26. The van der Waals surface area contributed by atoms with Crippen molar-refractivity contribution in [3.05, 3.63) is 18.5 Å². The van der Waals surface area contributed by atoms with E-state index < -0.39 is 0 Å². The van der Waals surface area contributed by atoms with E-state index in [0.29, 0.717) is 36.5 Å². The fourth-order valence-electron chi connectivity index (χ4n) is 1.56. The Morgan fingerprint density at radius 3 is 2.74 bits per heavy atom. The number of ether oxygens (including phenoxy) is 1. The molecule has 1 aromatic rings. The van der Waals surface area contributed by atoms with Crippen LogP contribution < -0.4 is 15.8 Å². The summed E-state index contributed by atoms with van der Waals surface area (Å²) in [5.74, 6) is 2.33. The van der Waals surface area contributed by atoms with E-state index in [9.17, 15) is 0 Å². The van der Waals surface area contributed by atoms with Crippen molar-refractivity contribution in [2.45, 2.75) is 33.6 Å². The first-order valence-corrected chi connectivity index (χ1v) is 6.72. The molecule has 5 heteroatoms. The van der Waals surface area contributed by atoms with Crippen molar-refractivity contribution >= 4 is 11.5 Å². The van der Waals surface area contributed by atoms with E-state index in [0.717, 1.165) is 18.7 Å². The highest BCUT2D eigenvalue weighted by Gasteiger charge is 2.13. The third kappa shape index (κ3) is 4.77. The molecule has 0 saturated carbocycles. The molecule has 3 N–H and O–H groups in total. The van der Waals surface area contributed by atoms with Crippen molar-refractivity contribution in [2.24, 2.45) is 5.92 Å². The van der Waals surface area contributed by atoms with E-state index >= 15 is 0 Å². The topological polar surface area (TPSA) is 73.1 Å². The van der Waals surface area contributed by atoms with Crippen LogP contribution in [0.5, 0.6) is 5.88 Å². The first kappa shape index (κ1) is 15.3. The fraction of sp³-hybridized carbons (Fsp3) is 0.571. The Morgan fingerprint density at radius 2 is 2.16 bits per heavy atom. The molecular formula is C14H24N4O. The van der Waals surface area contributed by atoms with Crippen molar-refractivity contribution in [2.75, 3.05) is 24.2 Å². The third-order valence-electron chi connectivity index (χ3n) is 2.40. The van der Waals surface area contributed by atoms with Crippen LogP contribution in [-0.4, -0.2) is 23.1 Å². The van der Waals surface area contributed by atoms with Crippen molar-refractivity contribution < 1.29 is 4.74 Å². The van der Waals surface area contributed by atoms with Crippen LogP contribution in [0.2, 0.25) is 0 Å². The summed E-state index contributed by atoms with van der Waals surface area (Å²) in [4.78, 5) is 8.84. The Labute approximate surface area is 115 Å². The summed E-state index contributed by atoms with van der Waals surface area (Å²) in [5, 5.41) is 3.12. The number of nitrogens with one attached hydrogen (secondary N) is 1. The summed E-state index contributed by atoms with van der Waals surface area (Å²) in [6.07, 6.45) is 3.47. The van der Waals surface area contributed by atoms with Crippen LogP contribution in [0.4, 0.5) is 11.5 Å². The quantitative estimate of drug-likeness (QED) is 0.706. The Bertz CT molecular complexity index is 418. The Morgan fingerprint density at radius 1 is 1.42 bits per heavy atom. The van der Waals surface area contributed by atoms with Gasteiger partial charge in [0, 0.05) is 13.0 Å². The van der Waals surface area contributed by atoms with Gasteiger partial charge in [0.2, 0.25) is 5.88 Å². The molecule has 0 bridgehead atoms. The summed E-state index contributed by atoms with van der Waals surface area (Å²) in [6.45, 7) is 11.2. The van der Waals surface area contributed by atoms with Gasteiger partial charge in [0.1, 0.15) is 11.5 Å². The van der Waals surface area contributed by atoms with Crippen LogP contribution in [0.1, 0.15) is 33.0 Å². The van der Waals surface area contributed by atoms with Gasteiger partial charge in [-0.3, -0.25) is 0 Å². The molecule has 0 fully saturated rings. The summed E-state index contributed by atoms with van der Waals surface area (Å²) < 4.78 is 5.59. The van der Waals surface area contributed by atoms with Gasteiger partial charge in [-0.25, -0.2) is 4.98 Å². The van der Waals surface area contributed by atoms with Crippen LogP contribution in [0.3, 0.4) is 0 Å². The van der Waals surface area contributed by atoms with E-state index in [1.54, 1.807) is 6.08 Å². The lowest BCUT2D eigenvalue weighted by Crippen LogP contribution is -2.12. The normalized spacial score (nSPS) is 10.5. The summed E-state index contributed by atoms with van der Waals surface area (Å²) in [6, 6.07) is 0. The fourth-order valence-corrected chi connectivity index (χ4v) is 1.56. The van der Waals surface area contributed by atoms with Crippen molar-refractivity contribution in [1.29, 1.82) is 0 Å². The molecule has 0 spiro atoms. The number of hydrogen-bond acceptors (Lipinski definition) is 5. The molecule has 0 atom stereocenters. The maximum atomic E-state index is 6.02. The van der Waals surface area contributed by atoms with Crippen molar-refractivity contribution in [1.82, 2.24) is 9.97 Å². The van der Waals surface area contributed by atoms with Crippen LogP contribution in [0.25, 0.3) is 0 Å². The van der Waals surface area contributed by atoms with Gasteiger partial charge >= 0.3 is 0 Å². The third-order valence-corrected chi connectivity index (χ3v) is 2.40. The molecule has 5 nitrogen and oxygen atoms in total. The first-order chi connectivity index (χ1) is 9.08. The maximum absolute atomic E-state index is 6.02. The zero-order chi connectivity index (χ0) is 14.3. The van der Waals surface area contributed by atoms with Gasteiger partial charge in [-0.05, 0) is 12.3 Å². The summed E-state index contributed by atoms with van der Waals surface area (Å²) >= 11 is 0. The molecule has 106 valence electrons. The smallest absolute Gasteiger partial charge is 0.242 e. The maximum Gasteiger partial charge on any atom is 0.242 e. The number of aromatic nitrogens is 2. The minimum absolute atomic E-state index is 0.461. The molecule has 0 saturated heterocycles. The summed E-state index contributed by atoms with van der Waals surface area (Å²) in [5.41, 5.74) is 6.48. The lowest BCUT2D eigenvalue weighted by atomic mass is 10.1. The largest absolute Gasteiger partial charge is 0.476 e. The molecule has 0 aliphatic heterocycles. The monoisotopic (exact) mass is 264 g/mol. The van der Waals surface area contributed by atoms with Gasteiger partial charge in [-0.15, -0.1) is 6.58 Å². The standard InChI is InChI=1S/C14H24N4O/c1-5-7-16-13-12(15)14(19-8-6-2)18-11(17-13)9-10(3)4/h5,10H,1,6-9,15H2,2-4H3,(H,16,17,18). The van der Waals surface area contributed by atoms with Crippen LogP contribution in [0, 0.1) is 5.92 Å². The highest BCUT2D eigenvalue weighted by atomic mass is 16.5. The Kier molecular flexibility index (Phi) is 6.12. The minimum atomic E-state index is 0.461. The molecule has 0 aromatic carbocycles. The summed E-state index contributed by atoms with van der Waals surface area (Å²) in [7, 11) is 0. The second-order valence-electron chi connectivity index (χ2n) is 4.82. The molecule has 1 rings (SSSR count). The molecular weight excluding hydrogens is 240 g/mol. The van der Waals surface area contributed by atoms with E-state index in [1.165, 1.54) is 0 Å². The van der Waals surface area contributed by atoms with E-state index in [-0.39, 0.29) is 0 Å². The van der Waals surface area contributed by atoms with Crippen LogP contribution in [0.15, 0.2) is 12.7 Å². The molecule has 1 aromatic heterocycles. The van der Waals surface area contributed by atoms with Gasteiger partial charge in [0.15, 0.2) is 5.82 Å². The van der Waals surface area contributed by atoms with E-state index in [4.69, 9.17) is 10.5 Å². The zero-order valence-corrected chi connectivity index (χ0v) is 12.1. The lowest BCUT2D eigenvalue weighted by molar-refractivity contribution is 0.305. The second-order valence-corrected chi connectivity index (χ2v) is 4.82. The SMILES string of the molecule is C=CCNc1nc(CC(C)C)nc(OCCC)c1N. The number of hydrogen-bond donors (Lipinski definition) is 2. The molecule has 1 heterocycles. The molecule has 0 aliphatic rings. The van der Waals surface area contributed by atoms with Crippen molar-refractivity contribution in [3.63, 3.8) is 0 Å². The van der Waals surface area contributed by atoms with Gasteiger partial charge in [-0.2, -0.15) is 4.98 Å². The average Bonchev–Trinajstić information content (AvgIpc) is 2.36. The van der Waals surface area contributed by atoms with E-state index in [2.05, 4.69) is 35.7 Å². The molecule has 19 heavy (non-hydrogen) atoms. The van der Waals surface area contributed by atoms with E-state index in [1.807, 2.05) is 6.92 Å². The van der Waals surface area contributed by atoms with Crippen LogP contribution in [-0.2, 0) is 6.42 Å². The number of nitrogens with zero attached hydrogens (tertiary/aromatic N) is 2. The van der Waals surface area contributed by atoms with Gasteiger partial charge in [0.25, 0.3) is 0 Å². The number of nitrogens with two attached hydrogens (primary N) is 1. The number of rotatable bonds is 8. The Balaban J connectivity index is 3.02. The predicted molar refractivity (Wildman–Crippen MR) is 79.5 cm³/mol. The first-order valence-electron chi connectivity index (χ1n) is 6.72. The molecule has 0 aliphatic carbocycles. The highest BCUT2D eigenvalue weighted by molar-refractivity contribution is 5.67. The second kappa shape index (κ2) is 7.61. The molecule has 0 unspecified atom stereocenters. The van der Waals surface area contributed by atoms with Gasteiger partial charge in [0.05, 0.1) is 6.61 Å². The van der Waals surface area contributed by atoms with Gasteiger partial charge < -0.3 is 15.8 Å². The minimum Gasteiger partial charge on any atom is -0.476 e. The number of anilines is 2. The van der Waals surface area contributed by atoms with Crippen LogP contribution >= 0.6 is 0 Å². The zero-order valence-electron chi connectivity index (χ0n) is 12.1. The van der Waals surface area contributed by atoms with Crippen molar-refractivity contribution in [3.8, 4) is 5.88 Å². The van der Waals surface area contributed by atoms with Gasteiger partial charge in [-0.1, -0.05) is 26.8 Å². The molecule has 0 radical (unpaired) electrons. The lowest BCUT2D eigenvalue weighted by Gasteiger charge is -2.14. The molecule has 0 amide bonds.